The first-order valence-electron chi connectivity index (χ1n) is 3.63. The van der Waals surface area contributed by atoms with E-state index in [0.717, 1.165) is 0 Å². The number of rotatable bonds is 2. The molecule has 1 aromatic rings. The van der Waals surface area contributed by atoms with E-state index in [2.05, 4.69) is 20.9 Å². The molecule has 0 N–H and O–H groups in total. The van der Waals surface area contributed by atoms with Gasteiger partial charge in [-0.05, 0) is 22.9 Å². The lowest BCUT2D eigenvalue weighted by Crippen LogP contribution is -2.06. The molecule has 0 saturated heterocycles. The third-order valence-electron chi connectivity index (χ3n) is 1.33. The molecule has 3 nitrogen and oxygen atoms in total. The molecule has 0 aliphatic rings. The third kappa shape index (κ3) is 2.42. The van der Waals surface area contributed by atoms with Crippen LogP contribution < -0.4 is 0 Å². The topological polar surface area (TPSA) is 39.2 Å². The van der Waals surface area contributed by atoms with Gasteiger partial charge in [0, 0.05) is 12.4 Å². The Balaban J connectivity index is 3.01. The maximum atomic E-state index is 11.3. The van der Waals surface area contributed by atoms with Crippen molar-refractivity contribution in [3.05, 3.63) is 27.5 Å². The molecule has 0 fully saturated rings. The molecule has 0 aliphatic heterocycles. The van der Waals surface area contributed by atoms with Crippen molar-refractivity contribution in [2.24, 2.45) is 0 Å². The van der Waals surface area contributed by atoms with Crippen molar-refractivity contribution in [3.63, 3.8) is 0 Å². The molecule has 0 aliphatic carbocycles. The Kier molecular flexibility index (Phi) is 3.69. The SMILES string of the molecule is CCOC(=O)c1cncc(Cl)c1Br. The summed E-state index contributed by atoms with van der Waals surface area (Å²) in [6.07, 6.45) is 2.86. The number of hydrogen-bond acceptors (Lipinski definition) is 3. The fourth-order valence-corrected chi connectivity index (χ4v) is 1.30. The van der Waals surface area contributed by atoms with Gasteiger partial charge in [0.05, 0.1) is 21.7 Å². The van der Waals surface area contributed by atoms with Crippen LogP contribution in [0, 0.1) is 0 Å². The summed E-state index contributed by atoms with van der Waals surface area (Å²) in [6.45, 7) is 2.07. The summed E-state index contributed by atoms with van der Waals surface area (Å²) in [5, 5.41) is 0.394. The maximum absolute atomic E-state index is 11.3. The number of pyridine rings is 1. The summed E-state index contributed by atoms with van der Waals surface area (Å²) in [5.41, 5.74) is 0.342. The van der Waals surface area contributed by atoms with E-state index in [4.69, 9.17) is 16.3 Å². The van der Waals surface area contributed by atoms with E-state index in [1.807, 2.05) is 0 Å². The van der Waals surface area contributed by atoms with Gasteiger partial charge in [-0.2, -0.15) is 0 Å². The third-order valence-corrected chi connectivity index (χ3v) is 2.70. The van der Waals surface area contributed by atoms with Crippen LogP contribution in [0.4, 0.5) is 0 Å². The Morgan fingerprint density at radius 3 is 3.00 bits per heavy atom. The number of nitrogens with zero attached hydrogens (tertiary/aromatic N) is 1. The zero-order valence-corrected chi connectivity index (χ0v) is 9.22. The second-order valence-electron chi connectivity index (χ2n) is 2.20. The van der Waals surface area contributed by atoms with Crippen molar-refractivity contribution < 1.29 is 9.53 Å². The summed E-state index contributed by atoms with van der Waals surface area (Å²) in [6, 6.07) is 0. The van der Waals surface area contributed by atoms with Crippen LogP contribution in [0.1, 0.15) is 17.3 Å². The molecular weight excluding hydrogens is 257 g/mol. The Morgan fingerprint density at radius 1 is 1.69 bits per heavy atom. The van der Waals surface area contributed by atoms with Crippen molar-refractivity contribution in [1.82, 2.24) is 4.98 Å². The average Bonchev–Trinajstić information content (AvgIpc) is 2.10. The van der Waals surface area contributed by atoms with Crippen LogP contribution in [0.2, 0.25) is 5.02 Å². The highest BCUT2D eigenvalue weighted by Gasteiger charge is 2.13. The van der Waals surface area contributed by atoms with Crippen LogP contribution in [0.15, 0.2) is 16.9 Å². The normalized spacial score (nSPS) is 9.77. The van der Waals surface area contributed by atoms with E-state index in [1.165, 1.54) is 12.4 Å². The molecule has 1 heterocycles. The summed E-state index contributed by atoms with van der Waals surface area (Å²) in [5.74, 6) is -0.427. The van der Waals surface area contributed by atoms with Crippen molar-refractivity contribution >= 4 is 33.5 Å². The number of aromatic nitrogens is 1. The molecular formula is C8H7BrClNO2. The molecule has 0 aromatic carbocycles. The number of hydrogen-bond donors (Lipinski definition) is 0. The molecule has 5 heteroatoms. The Hall–Kier alpha value is -0.610. The van der Waals surface area contributed by atoms with E-state index in [-0.39, 0.29) is 0 Å². The lowest BCUT2D eigenvalue weighted by molar-refractivity contribution is 0.0525. The van der Waals surface area contributed by atoms with Gasteiger partial charge in [0.2, 0.25) is 0 Å². The lowest BCUT2D eigenvalue weighted by Gasteiger charge is -2.03. The first-order chi connectivity index (χ1) is 6.16. The Morgan fingerprint density at radius 2 is 2.38 bits per heavy atom. The number of halogens is 2. The molecule has 13 heavy (non-hydrogen) atoms. The number of carbonyl (C=O) groups excluding carboxylic acids is 1. The van der Waals surface area contributed by atoms with Gasteiger partial charge in [-0.25, -0.2) is 4.79 Å². The van der Waals surface area contributed by atoms with Crippen LogP contribution >= 0.6 is 27.5 Å². The largest absolute Gasteiger partial charge is 0.462 e. The molecule has 70 valence electrons. The van der Waals surface area contributed by atoms with E-state index in [9.17, 15) is 4.79 Å². The molecule has 0 amide bonds. The van der Waals surface area contributed by atoms with Gasteiger partial charge in [-0.1, -0.05) is 11.6 Å². The molecule has 1 aromatic heterocycles. The van der Waals surface area contributed by atoms with Crippen molar-refractivity contribution in [2.75, 3.05) is 6.61 Å². The maximum Gasteiger partial charge on any atom is 0.340 e. The molecule has 0 saturated carbocycles. The summed E-state index contributed by atoms with van der Waals surface area (Å²) < 4.78 is 5.31. The minimum atomic E-state index is -0.427. The average molecular weight is 265 g/mol. The molecule has 0 spiro atoms. The zero-order chi connectivity index (χ0) is 9.84. The predicted molar refractivity (Wildman–Crippen MR) is 52.9 cm³/mol. The molecule has 0 atom stereocenters. The van der Waals surface area contributed by atoms with Gasteiger partial charge < -0.3 is 4.74 Å². The van der Waals surface area contributed by atoms with E-state index in [1.54, 1.807) is 6.92 Å². The van der Waals surface area contributed by atoms with Gasteiger partial charge in [0.25, 0.3) is 0 Å². The van der Waals surface area contributed by atoms with Crippen LogP contribution in [0.3, 0.4) is 0 Å². The zero-order valence-electron chi connectivity index (χ0n) is 6.88. The summed E-state index contributed by atoms with van der Waals surface area (Å²) in [7, 11) is 0. The summed E-state index contributed by atoms with van der Waals surface area (Å²) >= 11 is 8.92. The van der Waals surface area contributed by atoms with Crippen LogP contribution in [0.5, 0.6) is 0 Å². The van der Waals surface area contributed by atoms with Crippen LogP contribution in [-0.4, -0.2) is 17.6 Å². The fourth-order valence-electron chi connectivity index (χ4n) is 0.770. The molecule has 1 rings (SSSR count). The first-order valence-corrected chi connectivity index (χ1v) is 4.80. The van der Waals surface area contributed by atoms with Gasteiger partial charge in [-0.3, -0.25) is 4.98 Å². The van der Waals surface area contributed by atoms with Gasteiger partial charge in [0.15, 0.2) is 0 Å². The van der Waals surface area contributed by atoms with Gasteiger partial charge in [-0.15, -0.1) is 0 Å². The minimum absolute atomic E-state index is 0.331. The predicted octanol–water partition coefficient (Wildman–Crippen LogP) is 2.67. The van der Waals surface area contributed by atoms with Gasteiger partial charge >= 0.3 is 5.97 Å². The lowest BCUT2D eigenvalue weighted by atomic mass is 10.3. The van der Waals surface area contributed by atoms with E-state index in [0.29, 0.717) is 21.7 Å². The first kappa shape index (κ1) is 10.5. The van der Waals surface area contributed by atoms with Crippen LogP contribution in [0.25, 0.3) is 0 Å². The highest BCUT2D eigenvalue weighted by atomic mass is 79.9. The molecule has 0 unspecified atom stereocenters. The second kappa shape index (κ2) is 4.58. The van der Waals surface area contributed by atoms with E-state index < -0.39 is 5.97 Å². The number of esters is 1. The highest BCUT2D eigenvalue weighted by Crippen LogP contribution is 2.25. The number of carbonyl (C=O) groups is 1. The van der Waals surface area contributed by atoms with Crippen molar-refractivity contribution in [1.29, 1.82) is 0 Å². The van der Waals surface area contributed by atoms with E-state index >= 15 is 0 Å². The Labute approximate surface area is 89.2 Å². The second-order valence-corrected chi connectivity index (χ2v) is 3.40. The standard InChI is InChI=1S/C8H7BrClNO2/c1-2-13-8(12)5-3-11-4-6(10)7(5)9/h3-4H,2H2,1H3. The van der Waals surface area contributed by atoms with Gasteiger partial charge in [0.1, 0.15) is 0 Å². The summed E-state index contributed by atoms with van der Waals surface area (Å²) in [4.78, 5) is 15.1. The highest BCUT2D eigenvalue weighted by molar-refractivity contribution is 9.10. The molecule has 0 radical (unpaired) electrons. The van der Waals surface area contributed by atoms with Crippen LogP contribution in [-0.2, 0) is 4.74 Å². The minimum Gasteiger partial charge on any atom is -0.462 e. The Bertz CT molecular complexity index is 330. The van der Waals surface area contributed by atoms with Crippen molar-refractivity contribution in [3.8, 4) is 0 Å². The smallest absolute Gasteiger partial charge is 0.340 e. The van der Waals surface area contributed by atoms with Crippen molar-refractivity contribution in [2.45, 2.75) is 6.92 Å². The monoisotopic (exact) mass is 263 g/mol. The quantitative estimate of drug-likeness (QED) is 0.771. The molecule has 0 bridgehead atoms. The number of ether oxygens (including phenoxy) is 1. The fraction of sp³-hybridized carbons (Fsp3) is 0.250.